The highest BCUT2D eigenvalue weighted by atomic mass is 35.5. The van der Waals surface area contributed by atoms with Crippen molar-refractivity contribution in [2.75, 3.05) is 20.2 Å². The van der Waals surface area contributed by atoms with E-state index in [1.807, 2.05) is 29.2 Å². The number of likely N-dealkylation sites (tertiary alicyclic amines) is 1. The van der Waals surface area contributed by atoms with Crippen molar-refractivity contribution in [3.8, 4) is 5.75 Å². The fourth-order valence-electron chi connectivity index (χ4n) is 2.71. The van der Waals surface area contributed by atoms with Crippen LogP contribution in [0.3, 0.4) is 0 Å². The molecule has 1 saturated heterocycles. The van der Waals surface area contributed by atoms with Crippen LogP contribution in [-0.4, -0.2) is 37.0 Å². The molecule has 1 aliphatic rings. The molecule has 1 aromatic carbocycles. The topological polar surface area (TPSA) is 55.6 Å². The van der Waals surface area contributed by atoms with Crippen molar-refractivity contribution >= 4 is 18.3 Å². The number of halogens is 1. The van der Waals surface area contributed by atoms with E-state index in [1.165, 1.54) is 0 Å². The van der Waals surface area contributed by atoms with E-state index in [-0.39, 0.29) is 29.8 Å². The van der Waals surface area contributed by atoms with Gasteiger partial charge in [-0.1, -0.05) is 32.0 Å². The first-order valence-corrected chi connectivity index (χ1v) is 7.09. The zero-order chi connectivity index (χ0) is 14.8. The average Bonchev–Trinajstić information content (AvgIpc) is 2.42. The molecule has 1 fully saturated rings. The molecular formula is C16H25ClN2O2. The lowest BCUT2D eigenvalue weighted by molar-refractivity contribution is -0.133. The number of nitrogens with two attached hydrogens (primary N) is 1. The van der Waals surface area contributed by atoms with Crippen LogP contribution in [0, 0.1) is 5.41 Å². The van der Waals surface area contributed by atoms with E-state index in [0.717, 1.165) is 30.8 Å². The molecule has 1 heterocycles. The Balaban J connectivity index is 0.00000220. The van der Waals surface area contributed by atoms with E-state index in [9.17, 15) is 4.79 Å². The van der Waals surface area contributed by atoms with E-state index in [4.69, 9.17) is 10.5 Å². The number of hydrogen-bond acceptors (Lipinski definition) is 3. The van der Waals surface area contributed by atoms with Crippen molar-refractivity contribution in [3.05, 3.63) is 29.8 Å². The summed E-state index contributed by atoms with van der Waals surface area (Å²) in [6.45, 7) is 5.72. The Morgan fingerprint density at radius 2 is 2.10 bits per heavy atom. The van der Waals surface area contributed by atoms with Gasteiger partial charge in [-0.2, -0.15) is 0 Å². The molecule has 1 amide bonds. The average molecular weight is 313 g/mol. The quantitative estimate of drug-likeness (QED) is 0.931. The summed E-state index contributed by atoms with van der Waals surface area (Å²) in [6.07, 6.45) is 1.25. The number of carbonyl (C=O) groups is 1. The summed E-state index contributed by atoms with van der Waals surface area (Å²) in [5.41, 5.74) is 7.03. The van der Waals surface area contributed by atoms with Gasteiger partial charge in [-0.3, -0.25) is 4.79 Å². The van der Waals surface area contributed by atoms with Gasteiger partial charge in [0.25, 0.3) is 0 Å². The maximum atomic E-state index is 12.5. The van der Waals surface area contributed by atoms with Gasteiger partial charge < -0.3 is 15.4 Å². The van der Waals surface area contributed by atoms with E-state index in [0.29, 0.717) is 6.42 Å². The second-order valence-electron chi connectivity index (χ2n) is 6.19. The van der Waals surface area contributed by atoms with E-state index in [1.54, 1.807) is 7.11 Å². The lowest BCUT2D eigenvalue weighted by Gasteiger charge is -2.42. The Labute approximate surface area is 133 Å². The van der Waals surface area contributed by atoms with Crippen molar-refractivity contribution in [1.29, 1.82) is 0 Å². The maximum absolute atomic E-state index is 12.5. The highest BCUT2D eigenvalue weighted by Gasteiger charge is 2.35. The zero-order valence-electron chi connectivity index (χ0n) is 13.0. The molecule has 0 saturated carbocycles. The minimum absolute atomic E-state index is 0. The number of benzene rings is 1. The number of para-hydroxylation sites is 1. The number of rotatable bonds is 3. The van der Waals surface area contributed by atoms with Crippen LogP contribution >= 0.6 is 12.4 Å². The van der Waals surface area contributed by atoms with Crippen molar-refractivity contribution in [2.45, 2.75) is 32.7 Å². The molecule has 0 radical (unpaired) electrons. The number of ether oxygens (including phenoxy) is 1. The van der Waals surface area contributed by atoms with Crippen LogP contribution in [-0.2, 0) is 11.2 Å². The monoisotopic (exact) mass is 312 g/mol. The molecule has 1 aliphatic heterocycles. The lowest BCUT2D eigenvalue weighted by Crippen LogP contribution is -2.54. The van der Waals surface area contributed by atoms with Crippen LogP contribution in [0.2, 0.25) is 0 Å². The molecule has 0 aliphatic carbocycles. The van der Waals surface area contributed by atoms with Gasteiger partial charge in [0, 0.05) is 24.7 Å². The second-order valence-corrected chi connectivity index (χ2v) is 6.19. The standard InChI is InChI=1S/C16H24N2O2.ClH/c1-16(2)11-18(9-8-14(16)17)15(19)10-12-6-4-5-7-13(12)20-3;/h4-7,14H,8-11,17H2,1-3H3;1H. The molecule has 5 heteroatoms. The van der Waals surface area contributed by atoms with Gasteiger partial charge >= 0.3 is 0 Å². The van der Waals surface area contributed by atoms with Crippen molar-refractivity contribution in [1.82, 2.24) is 4.90 Å². The van der Waals surface area contributed by atoms with E-state index < -0.39 is 0 Å². The molecule has 21 heavy (non-hydrogen) atoms. The lowest BCUT2D eigenvalue weighted by atomic mass is 9.79. The van der Waals surface area contributed by atoms with Gasteiger partial charge in [-0.15, -0.1) is 12.4 Å². The predicted molar refractivity (Wildman–Crippen MR) is 86.9 cm³/mol. The molecule has 1 aromatic rings. The Bertz CT molecular complexity index is 491. The first-order chi connectivity index (χ1) is 9.44. The first kappa shape index (κ1) is 17.8. The summed E-state index contributed by atoms with van der Waals surface area (Å²) < 4.78 is 5.30. The third-order valence-electron chi connectivity index (χ3n) is 4.20. The minimum atomic E-state index is -0.0192. The summed E-state index contributed by atoms with van der Waals surface area (Å²) in [4.78, 5) is 14.4. The molecule has 0 aromatic heterocycles. The van der Waals surface area contributed by atoms with Crippen LogP contribution in [0.25, 0.3) is 0 Å². The van der Waals surface area contributed by atoms with Crippen molar-refractivity contribution in [3.63, 3.8) is 0 Å². The number of nitrogens with zero attached hydrogens (tertiary/aromatic N) is 1. The molecule has 118 valence electrons. The minimum Gasteiger partial charge on any atom is -0.496 e. The summed E-state index contributed by atoms with van der Waals surface area (Å²) in [7, 11) is 1.63. The van der Waals surface area contributed by atoms with Gasteiger partial charge in [0.1, 0.15) is 5.75 Å². The van der Waals surface area contributed by atoms with E-state index in [2.05, 4.69) is 13.8 Å². The van der Waals surface area contributed by atoms with Gasteiger partial charge in [-0.05, 0) is 17.9 Å². The SMILES string of the molecule is COc1ccccc1CC(=O)N1CCC(N)C(C)(C)C1.Cl. The largest absolute Gasteiger partial charge is 0.496 e. The Morgan fingerprint density at radius 1 is 1.43 bits per heavy atom. The smallest absolute Gasteiger partial charge is 0.227 e. The molecule has 1 atom stereocenters. The van der Waals surface area contributed by atoms with Crippen LogP contribution in [0.1, 0.15) is 25.8 Å². The highest BCUT2D eigenvalue weighted by molar-refractivity contribution is 5.85. The Kier molecular flexibility index (Phi) is 6.05. The number of hydrogen-bond donors (Lipinski definition) is 1. The van der Waals surface area contributed by atoms with Gasteiger partial charge in [0.2, 0.25) is 5.91 Å². The van der Waals surface area contributed by atoms with Crippen LogP contribution in [0.15, 0.2) is 24.3 Å². The first-order valence-electron chi connectivity index (χ1n) is 7.09. The normalized spacial score (nSPS) is 20.6. The highest BCUT2D eigenvalue weighted by Crippen LogP contribution is 2.28. The van der Waals surface area contributed by atoms with Crippen molar-refractivity contribution in [2.24, 2.45) is 11.1 Å². The second kappa shape index (κ2) is 7.14. The summed E-state index contributed by atoms with van der Waals surface area (Å²) >= 11 is 0. The predicted octanol–water partition coefficient (Wildman–Crippen LogP) is 2.25. The molecule has 0 bridgehead atoms. The fraction of sp³-hybridized carbons (Fsp3) is 0.562. The number of amides is 1. The maximum Gasteiger partial charge on any atom is 0.227 e. The van der Waals surface area contributed by atoms with Crippen LogP contribution in [0.5, 0.6) is 5.75 Å². The molecule has 2 N–H and O–H groups in total. The number of methoxy groups -OCH3 is 1. The Morgan fingerprint density at radius 3 is 2.71 bits per heavy atom. The third kappa shape index (κ3) is 4.11. The summed E-state index contributed by atoms with van der Waals surface area (Å²) in [6, 6.07) is 7.84. The number of carbonyl (C=O) groups excluding carboxylic acids is 1. The molecule has 2 rings (SSSR count). The molecule has 0 spiro atoms. The molecular weight excluding hydrogens is 288 g/mol. The molecule has 1 unspecified atom stereocenters. The van der Waals surface area contributed by atoms with Gasteiger partial charge in [0.15, 0.2) is 0 Å². The summed E-state index contributed by atoms with van der Waals surface area (Å²) in [5, 5.41) is 0. The summed E-state index contributed by atoms with van der Waals surface area (Å²) in [5.74, 6) is 0.920. The zero-order valence-corrected chi connectivity index (χ0v) is 13.8. The van der Waals surface area contributed by atoms with Crippen molar-refractivity contribution < 1.29 is 9.53 Å². The number of piperidine rings is 1. The van der Waals surface area contributed by atoms with Gasteiger partial charge in [-0.25, -0.2) is 0 Å². The van der Waals surface area contributed by atoms with Crippen LogP contribution < -0.4 is 10.5 Å². The van der Waals surface area contributed by atoms with E-state index >= 15 is 0 Å². The van der Waals surface area contributed by atoms with Gasteiger partial charge in [0.05, 0.1) is 13.5 Å². The Hall–Kier alpha value is -1.26. The molecule has 4 nitrogen and oxygen atoms in total. The van der Waals surface area contributed by atoms with Crippen LogP contribution in [0.4, 0.5) is 0 Å². The fourth-order valence-corrected chi connectivity index (χ4v) is 2.71. The third-order valence-corrected chi connectivity index (χ3v) is 4.20.